The van der Waals surface area contributed by atoms with Gasteiger partial charge in [0.05, 0.1) is 5.69 Å². The van der Waals surface area contributed by atoms with E-state index in [1.54, 1.807) is 12.4 Å². The molecule has 2 rings (SSSR count). The van der Waals surface area contributed by atoms with Crippen molar-refractivity contribution in [3.05, 3.63) is 24.3 Å². The molecule has 13 heavy (non-hydrogen) atoms. The van der Waals surface area contributed by atoms with Crippen LogP contribution in [0.3, 0.4) is 0 Å². The number of aromatic nitrogens is 2. The Morgan fingerprint density at radius 3 is 2.92 bits per heavy atom. The maximum Gasteiger partial charge on any atom is 0.0645 e. The van der Waals surface area contributed by atoms with Crippen LogP contribution in [0.25, 0.3) is 0 Å². The predicted octanol–water partition coefficient (Wildman–Crippen LogP) is 2.68. The first-order valence-electron chi connectivity index (χ1n) is 4.61. The molecule has 3 heteroatoms. The molecule has 1 fully saturated rings. The molecule has 0 aliphatic heterocycles. The van der Waals surface area contributed by atoms with Crippen molar-refractivity contribution in [1.29, 1.82) is 0 Å². The van der Waals surface area contributed by atoms with Crippen molar-refractivity contribution in [3.8, 4) is 0 Å². The van der Waals surface area contributed by atoms with Gasteiger partial charge in [0.2, 0.25) is 0 Å². The summed E-state index contributed by atoms with van der Waals surface area (Å²) in [5.74, 6) is 0. The smallest absolute Gasteiger partial charge is 0.0645 e. The van der Waals surface area contributed by atoms with Crippen LogP contribution < -0.4 is 0 Å². The van der Waals surface area contributed by atoms with Gasteiger partial charge in [0.15, 0.2) is 0 Å². The third-order valence-corrected chi connectivity index (χ3v) is 3.64. The highest BCUT2D eigenvalue weighted by Gasteiger charge is 2.36. The molecule has 0 amide bonds. The van der Waals surface area contributed by atoms with Gasteiger partial charge in [0.25, 0.3) is 0 Å². The summed E-state index contributed by atoms with van der Waals surface area (Å²) in [4.78, 5) is 9.16. The van der Waals surface area contributed by atoms with E-state index in [1.807, 2.05) is 6.20 Å². The number of nitrogens with zero attached hydrogens (tertiary/aromatic N) is 2. The van der Waals surface area contributed by atoms with Crippen LogP contribution >= 0.6 is 15.9 Å². The fourth-order valence-corrected chi connectivity index (χ4v) is 2.96. The first-order chi connectivity index (χ1) is 6.21. The molecule has 0 saturated heterocycles. The summed E-state index contributed by atoms with van der Waals surface area (Å²) < 4.78 is 0. The quantitative estimate of drug-likeness (QED) is 0.706. The molecule has 2 atom stereocenters. The molecule has 0 bridgehead atoms. The van der Waals surface area contributed by atoms with Gasteiger partial charge in [0, 0.05) is 28.8 Å². The van der Waals surface area contributed by atoms with Gasteiger partial charge in [-0.1, -0.05) is 22.9 Å². The zero-order valence-corrected chi connectivity index (χ0v) is 9.29. The Bertz CT molecular complexity index is 288. The Morgan fingerprint density at radius 2 is 2.38 bits per heavy atom. The van der Waals surface area contributed by atoms with Crippen molar-refractivity contribution in [2.75, 3.05) is 0 Å². The van der Waals surface area contributed by atoms with E-state index in [4.69, 9.17) is 0 Å². The first kappa shape index (κ1) is 9.13. The number of alkyl halides is 1. The van der Waals surface area contributed by atoms with Crippen molar-refractivity contribution >= 4 is 15.9 Å². The van der Waals surface area contributed by atoms with Gasteiger partial charge < -0.3 is 0 Å². The average Bonchev–Trinajstić information content (AvgIpc) is 2.49. The minimum absolute atomic E-state index is 0.239. The molecule has 1 heterocycles. The van der Waals surface area contributed by atoms with Crippen molar-refractivity contribution < 1.29 is 0 Å². The van der Waals surface area contributed by atoms with Gasteiger partial charge in [-0.3, -0.25) is 9.97 Å². The summed E-state index contributed by atoms with van der Waals surface area (Å²) in [7, 11) is 0. The lowest BCUT2D eigenvalue weighted by Crippen LogP contribution is -2.19. The Kier molecular flexibility index (Phi) is 2.37. The van der Waals surface area contributed by atoms with Crippen LogP contribution in [-0.2, 0) is 5.41 Å². The standard InChI is InChI=1S/C10H13BrN2/c1-10(3-2-8(11)6-10)9-7-12-4-5-13-9/h4-5,7-8H,2-3,6H2,1H3. The lowest BCUT2D eigenvalue weighted by Gasteiger charge is -2.21. The molecule has 2 nitrogen and oxygen atoms in total. The molecule has 0 spiro atoms. The SMILES string of the molecule is CC1(c2cnccn2)CCC(Br)C1. The second kappa shape index (κ2) is 3.37. The van der Waals surface area contributed by atoms with Crippen molar-refractivity contribution in [1.82, 2.24) is 9.97 Å². The topological polar surface area (TPSA) is 25.8 Å². The third-order valence-electron chi connectivity index (χ3n) is 2.86. The summed E-state index contributed by atoms with van der Waals surface area (Å²) in [6, 6.07) is 0. The number of halogens is 1. The van der Waals surface area contributed by atoms with Gasteiger partial charge in [0.1, 0.15) is 0 Å². The fraction of sp³-hybridized carbons (Fsp3) is 0.600. The van der Waals surface area contributed by atoms with E-state index in [9.17, 15) is 0 Å². The van der Waals surface area contributed by atoms with Crippen LogP contribution in [0.4, 0.5) is 0 Å². The van der Waals surface area contributed by atoms with Crippen LogP contribution in [0.2, 0.25) is 0 Å². The van der Waals surface area contributed by atoms with E-state index >= 15 is 0 Å². The summed E-state index contributed by atoms with van der Waals surface area (Å²) in [5.41, 5.74) is 1.37. The molecular formula is C10H13BrN2. The number of rotatable bonds is 1. The summed E-state index contributed by atoms with van der Waals surface area (Å²) in [6.45, 7) is 2.28. The van der Waals surface area contributed by atoms with E-state index < -0.39 is 0 Å². The largest absolute Gasteiger partial charge is 0.261 e. The molecule has 0 aromatic carbocycles. The lowest BCUT2D eigenvalue weighted by molar-refractivity contribution is 0.475. The molecule has 1 aliphatic rings. The molecule has 70 valence electrons. The molecule has 1 aliphatic carbocycles. The van der Waals surface area contributed by atoms with Gasteiger partial charge in [-0.25, -0.2) is 0 Å². The van der Waals surface area contributed by atoms with Crippen LogP contribution in [0.1, 0.15) is 31.9 Å². The molecule has 1 saturated carbocycles. The maximum atomic E-state index is 4.38. The third kappa shape index (κ3) is 1.75. The van der Waals surface area contributed by atoms with Crippen molar-refractivity contribution in [2.24, 2.45) is 0 Å². The zero-order valence-electron chi connectivity index (χ0n) is 7.70. The molecule has 1 aromatic rings. The summed E-state index contributed by atoms with van der Waals surface area (Å²) in [6.07, 6.45) is 9.03. The molecule has 0 radical (unpaired) electrons. The minimum Gasteiger partial charge on any atom is -0.261 e. The van der Waals surface area contributed by atoms with Crippen LogP contribution in [0, 0.1) is 0 Å². The van der Waals surface area contributed by atoms with Gasteiger partial charge in [-0.2, -0.15) is 0 Å². The average molecular weight is 241 g/mol. The Labute approximate surface area is 86.9 Å². The van der Waals surface area contributed by atoms with Crippen molar-refractivity contribution in [3.63, 3.8) is 0 Å². The van der Waals surface area contributed by atoms with E-state index in [1.165, 1.54) is 19.3 Å². The normalized spacial score (nSPS) is 33.5. The zero-order chi connectivity index (χ0) is 9.31. The Hall–Kier alpha value is -0.440. The maximum absolute atomic E-state index is 4.38. The Morgan fingerprint density at radius 1 is 1.54 bits per heavy atom. The highest BCUT2D eigenvalue weighted by atomic mass is 79.9. The van der Waals surface area contributed by atoms with Crippen LogP contribution in [-0.4, -0.2) is 14.8 Å². The predicted molar refractivity (Wildman–Crippen MR) is 56.0 cm³/mol. The highest BCUT2D eigenvalue weighted by Crippen LogP contribution is 2.42. The number of hydrogen-bond donors (Lipinski definition) is 0. The van der Waals surface area contributed by atoms with E-state index in [0.717, 1.165) is 5.69 Å². The lowest BCUT2D eigenvalue weighted by atomic mass is 9.85. The van der Waals surface area contributed by atoms with E-state index in [2.05, 4.69) is 32.8 Å². The van der Waals surface area contributed by atoms with E-state index in [-0.39, 0.29) is 5.41 Å². The fourth-order valence-electron chi connectivity index (χ4n) is 2.01. The summed E-state index contributed by atoms with van der Waals surface area (Å²) >= 11 is 3.66. The molecule has 1 aromatic heterocycles. The van der Waals surface area contributed by atoms with Crippen LogP contribution in [0.5, 0.6) is 0 Å². The van der Waals surface area contributed by atoms with Crippen molar-refractivity contribution in [2.45, 2.75) is 36.4 Å². The second-order valence-corrected chi connectivity index (χ2v) is 5.29. The Balaban J connectivity index is 2.26. The molecule has 2 unspecified atom stereocenters. The first-order valence-corrected chi connectivity index (χ1v) is 5.53. The summed E-state index contributed by atoms with van der Waals surface area (Å²) in [5, 5.41) is 0. The highest BCUT2D eigenvalue weighted by molar-refractivity contribution is 9.09. The monoisotopic (exact) mass is 240 g/mol. The second-order valence-electron chi connectivity index (χ2n) is 3.99. The van der Waals surface area contributed by atoms with E-state index in [0.29, 0.717) is 4.83 Å². The molecule has 0 N–H and O–H groups in total. The van der Waals surface area contributed by atoms with Gasteiger partial charge >= 0.3 is 0 Å². The van der Waals surface area contributed by atoms with Crippen LogP contribution in [0.15, 0.2) is 18.6 Å². The minimum atomic E-state index is 0.239. The van der Waals surface area contributed by atoms with Gasteiger partial charge in [-0.15, -0.1) is 0 Å². The van der Waals surface area contributed by atoms with Gasteiger partial charge in [-0.05, 0) is 19.3 Å². The molecular weight excluding hydrogens is 228 g/mol. The number of hydrogen-bond acceptors (Lipinski definition) is 2.